The summed E-state index contributed by atoms with van der Waals surface area (Å²) in [6.45, 7) is 2.87. The Morgan fingerprint density at radius 3 is 1.71 bits per heavy atom. The molecule has 7 heteroatoms. The third-order valence-corrected chi connectivity index (χ3v) is 1.55. The molecule has 0 heterocycles. The van der Waals surface area contributed by atoms with Crippen LogP contribution in [0, 0.1) is 6.92 Å². The third-order valence-electron chi connectivity index (χ3n) is 1.55. The maximum absolute atomic E-state index is 12.4. The molecule has 0 unspecified atom stereocenters. The van der Waals surface area contributed by atoms with Crippen molar-refractivity contribution in [2.75, 3.05) is 0 Å². The Morgan fingerprint density at radius 2 is 1.43 bits per heavy atom. The molecule has 0 aromatic carbocycles. The van der Waals surface area contributed by atoms with E-state index in [4.69, 9.17) is 0 Å². The summed E-state index contributed by atoms with van der Waals surface area (Å²) in [6, 6.07) is 0. The van der Waals surface area contributed by atoms with E-state index >= 15 is 0 Å². The first-order valence-electron chi connectivity index (χ1n) is 3.64. The highest BCUT2D eigenvalue weighted by Crippen LogP contribution is 2.43. The Hall–Kier alpha value is -0.490. The normalized spacial score (nSPS) is 16.1. The number of hydrogen-bond donors (Lipinski definition) is 0. The Balaban J connectivity index is 4.74. The van der Waals surface area contributed by atoms with Gasteiger partial charge in [0.15, 0.2) is 0 Å². The van der Waals surface area contributed by atoms with Crippen LogP contribution in [0.25, 0.3) is 0 Å². The minimum Gasteiger partial charge on any atom is -0.234 e. The highest BCUT2D eigenvalue weighted by molar-refractivity contribution is 4.92. The SMILES string of the molecule is [CH2]CCC(F)(F)C(F)(F)[C@@H](F)C(F)F. The van der Waals surface area contributed by atoms with E-state index in [0.29, 0.717) is 0 Å². The zero-order chi connectivity index (χ0) is 11.6. The van der Waals surface area contributed by atoms with E-state index in [1.165, 1.54) is 0 Å². The molecular weight excluding hydrogens is 217 g/mol. The monoisotopic (exact) mass is 225 g/mol. The smallest absolute Gasteiger partial charge is 0.234 e. The Morgan fingerprint density at radius 1 is 1.00 bits per heavy atom. The van der Waals surface area contributed by atoms with Crippen LogP contribution in [0.4, 0.5) is 30.7 Å². The molecule has 0 spiro atoms. The molecule has 0 aliphatic carbocycles. The predicted molar refractivity (Wildman–Crippen MR) is 35.4 cm³/mol. The quantitative estimate of drug-likeness (QED) is 0.628. The molecule has 0 aliphatic heterocycles. The van der Waals surface area contributed by atoms with Gasteiger partial charge in [0.05, 0.1) is 0 Å². The second-order valence-corrected chi connectivity index (χ2v) is 2.67. The Bertz CT molecular complexity index is 177. The molecular formula is C7H8F7. The average Bonchev–Trinajstić information content (AvgIpc) is 2.02. The summed E-state index contributed by atoms with van der Waals surface area (Å²) in [5.74, 6) is -10.2. The van der Waals surface area contributed by atoms with Crippen molar-refractivity contribution in [3.63, 3.8) is 0 Å². The number of hydrogen-bond acceptors (Lipinski definition) is 0. The summed E-state index contributed by atoms with van der Waals surface area (Å²) >= 11 is 0. The van der Waals surface area contributed by atoms with Gasteiger partial charge in [0.25, 0.3) is 6.43 Å². The van der Waals surface area contributed by atoms with Crippen LogP contribution in [-0.4, -0.2) is 24.4 Å². The molecule has 0 aliphatic rings. The molecule has 0 amide bonds. The van der Waals surface area contributed by atoms with Crippen molar-refractivity contribution >= 4 is 0 Å². The number of halogens is 7. The molecule has 0 nitrogen and oxygen atoms in total. The van der Waals surface area contributed by atoms with E-state index in [0.717, 1.165) is 0 Å². The second-order valence-electron chi connectivity index (χ2n) is 2.67. The first-order chi connectivity index (χ1) is 6.16. The number of rotatable bonds is 5. The molecule has 1 radical (unpaired) electrons. The lowest BCUT2D eigenvalue weighted by Crippen LogP contribution is -2.50. The Kier molecular flexibility index (Phi) is 4.20. The lowest BCUT2D eigenvalue weighted by Gasteiger charge is -2.28. The standard InChI is InChI=1S/C7H8F7/c1-2-3-6(11,12)7(13,14)4(8)5(9)10/h4-5H,1-3H2/t4-/m0/s1. The van der Waals surface area contributed by atoms with Gasteiger partial charge in [-0.1, -0.05) is 6.92 Å². The zero-order valence-corrected chi connectivity index (χ0v) is 6.92. The van der Waals surface area contributed by atoms with Gasteiger partial charge in [-0.2, -0.15) is 17.6 Å². The maximum atomic E-state index is 12.4. The number of alkyl halides is 7. The molecule has 14 heavy (non-hydrogen) atoms. The highest BCUT2D eigenvalue weighted by Gasteiger charge is 2.63. The maximum Gasteiger partial charge on any atom is 0.346 e. The van der Waals surface area contributed by atoms with Gasteiger partial charge in [0.2, 0.25) is 6.17 Å². The van der Waals surface area contributed by atoms with Crippen molar-refractivity contribution in [2.24, 2.45) is 0 Å². The lowest BCUT2D eigenvalue weighted by atomic mass is 10.0. The van der Waals surface area contributed by atoms with Gasteiger partial charge >= 0.3 is 11.8 Å². The molecule has 85 valence electrons. The minimum atomic E-state index is -5.36. The second kappa shape index (κ2) is 4.35. The fourth-order valence-corrected chi connectivity index (χ4v) is 0.749. The molecule has 0 rings (SSSR count). The molecule has 0 aromatic rings. The van der Waals surface area contributed by atoms with E-state index < -0.39 is 37.3 Å². The van der Waals surface area contributed by atoms with E-state index in [1.54, 1.807) is 0 Å². The van der Waals surface area contributed by atoms with Crippen LogP contribution >= 0.6 is 0 Å². The highest BCUT2D eigenvalue weighted by atomic mass is 19.3. The molecule has 0 saturated heterocycles. The van der Waals surface area contributed by atoms with E-state index in [2.05, 4.69) is 6.92 Å². The van der Waals surface area contributed by atoms with Crippen molar-refractivity contribution < 1.29 is 30.7 Å². The van der Waals surface area contributed by atoms with E-state index in [-0.39, 0.29) is 0 Å². The van der Waals surface area contributed by atoms with Gasteiger partial charge in [-0.3, -0.25) is 0 Å². The minimum absolute atomic E-state index is 0.599. The molecule has 0 N–H and O–H groups in total. The lowest BCUT2D eigenvalue weighted by molar-refractivity contribution is -0.258. The molecule has 0 aromatic heterocycles. The van der Waals surface area contributed by atoms with Crippen LogP contribution < -0.4 is 0 Å². The van der Waals surface area contributed by atoms with Crippen molar-refractivity contribution in [1.29, 1.82) is 0 Å². The summed E-state index contributed by atoms with van der Waals surface area (Å²) in [6.07, 6.45) is -10.3. The van der Waals surface area contributed by atoms with Crippen molar-refractivity contribution in [3.05, 3.63) is 6.92 Å². The summed E-state index contributed by atoms with van der Waals surface area (Å²) in [4.78, 5) is 0. The van der Waals surface area contributed by atoms with E-state index in [1.807, 2.05) is 0 Å². The largest absolute Gasteiger partial charge is 0.346 e. The summed E-state index contributed by atoms with van der Waals surface area (Å²) < 4.78 is 84.8. The van der Waals surface area contributed by atoms with Crippen LogP contribution in [0.5, 0.6) is 0 Å². The van der Waals surface area contributed by atoms with Gasteiger partial charge in [0, 0.05) is 6.42 Å². The van der Waals surface area contributed by atoms with Crippen molar-refractivity contribution in [3.8, 4) is 0 Å². The van der Waals surface area contributed by atoms with Gasteiger partial charge in [-0.15, -0.1) is 0 Å². The topological polar surface area (TPSA) is 0 Å². The van der Waals surface area contributed by atoms with Gasteiger partial charge in [-0.05, 0) is 6.42 Å². The fourth-order valence-electron chi connectivity index (χ4n) is 0.749. The average molecular weight is 225 g/mol. The van der Waals surface area contributed by atoms with Gasteiger partial charge < -0.3 is 0 Å². The molecule has 0 fully saturated rings. The van der Waals surface area contributed by atoms with Crippen LogP contribution in [0.15, 0.2) is 0 Å². The van der Waals surface area contributed by atoms with Crippen molar-refractivity contribution in [1.82, 2.24) is 0 Å². The van der Waals surface area contributed by atoms with E-state index in [9.17, 15) is 30.7 Å². The molecule has 0 saturated carbocycles. The van der Waals surface area contributed by atoms with Crippen LogP contribution in [0.1, 0.15) is 12.8 Å². The summed E-state index contributed by atoms with van der Waals surface area (Å²) in [7, 11) is 0. The first-order valence-corrected chi connectivity index (χ1v) is 3.64. The van der Waals surface area contributed by atoms with Gasteiger partial charge in [-0.25, -0.2) is 13.2 Å². The van der Waals surface area contributed by atoms with Crippen LogP contribution in [-0.2, 0) is 0 Å². The Labute approximate surface area is 76.1 Å². The van der Waals surface area contributed by atoms with Crippen LogP contribution in [0.2, 0.25) is 0 Å². The van der Waals surface area contributed by atoms with Gasteiger partial charge in [0.1, 0.15) is 0 Å². The molecule has 1 atom stereocenters. The molecule has 0 bridgehead atoms. The zero-order valence-electron chi connectivity index (χ0n) is 6.92. The van der Waals surface area contributed by atoms with Crippen LogP contribution in [0.3, 0.4) is 0 Å². The predicted octanol–water partition coefficient (Wildman–Crippen LogP) is 3.47. The fraction of sp³-hybridized carbons (Fsp3) is 0.857. The summed E-state index contributed by atoms with van der Waals surface area (Å²) in [5.41, 5.74) is 0. The first kappa shape index (κ1) is 13.5. The summed E-state index contributed by atoms with van der Waals surface area (Å²) in [5, 5.41) is 0. The van der Waals surface area contributed by atoms with Crippen molar-refractivity contribution in [2.45, 2.75) is 37.3 Å². The third kappa shape index (κ3) is 2.51.